The molecule has 1 aromatic heterocycles. The molecule has 1 fully saturated rings. The van der Waals surface area contributed by atoms with E-state index in [4.69, 9.17) is 5.14 Å². The molecule has 0 bridgehead atoms. The topological polar surface area (TPSA) is 88.6 Å². The number of aromatic nitrogens is 1. The van der Waals surface area contributed by atoms with Crippen LogP contribution in [0, 0.1) is 13.8 Å². The lowest BCUT2D eigenvalue weighted by molar-refractivity contribution is -0.141. The van der Waals surface area contributed by atoms with E-state index in [0.717, 1.165) is 8.87 Å². The number of nitrogens with zero attached hydrogens (tertiary/aromatic N) is 3. The highest BCUT2D eigenvalue weighted by molar-refractivity contribution is 7.86. The highest BCUT2D eigenvalue weighted by atomic mass is 32.2. The Morgan fingerprint density at radius 1 is 1.20 bits per heavy atom. The second-order valence-corrected chi connectivity index (χ2v) is 7.68. The van der Waals surface area contributed by atoms with Crippen molar-refractivity contribution in [3.8, 4) is 0 Å². The predicted molar refractivity (Wildman–Crippen MR) is 85.4 cm³/mol. The number of aryl methyl sites for hydroxylation is 1. The number of carbonyl (C=O) groups is 1. The Bertz CT molecular complexity index is 750. The number of rotatable bonds is 5. The molecule has 142 valence electrons. The summed E-state index contributed by atoms with van der Waals surface area (Å²) in [6.07, 6.45) is -4.36. The summed E-state index contributed by atoms with van der Waals surface area (Å²) in [6, 6.07) is 1.46. The minimum absolute atomic E-state index is 0.0226. The van der Waals surface area contributed by atoms with Crippen molar-refractivity contribution < 1.29 is 26.4 Å². The van der Waals surface area contributed by atoms with Crippen LogP contribution in [0.25, 0.3) is 0 Å². The van der Waals surface area contributed by atoms with Crippen LogP contribution in [-0.4, -0.2) is 66.9 Å². The molecule has 7 nitrogen and oxygen atoms in total. The maximum atomic E-state index is 12.6. The normalized spacial score (nSPS) is 17.8. The second-order valence-electron chi connectivity index (χ2n) is 6.13. The van der Waals surface area contributed by atoms with Gasteiger partial charge in [-0.05, 0) is 19.9 Å². The maximum absolute atomic E-state index is 12.6. The highest BCUT2D eigenvalue weighted by Gasteiger charge is 2.31. The number of carbonyl (C=O) groups excluding carboxylic acids is 1. The van der Waals surface area contributed by atoms with Gasteiger partial charge in [0.2, 0.25) is 0 Å². The van der Waals surface area contributed by atoms with Gasteiger partial charge in [0.05, 0.1) is 6.54 Å². The first-order valence-corrected chi connectivity index (χ1v) is 9.15. The van der Waals surface area contributed by atoms with Crippen LogP contribution in [0.5, 0.6) is 0 Å². The van der Waals surface area contributed by atoms with E-state index in [1.165, 1.54) is 19.9 Å². The number of hydrogen-bond donors (Lipinski definition) is 1. The minimum atomic E-state index is -4.36. The Labute approximate surface area is 144 Å². The van der Waals surface area contributed by atoms with E-state index in [1.807, 2.05) is 0 Å². The summed E-state index contributed by atoms with van der Waals surface area (Å²) in [5, 5.41) is 5.06. The molecule has 0 spiro atoms. The van der Waals surface area contributed by atoms with E-state index in [1.54, 1.807) is 4.90 Å². The standard InChI is InChI=1S/C14H21F3N4O3S/c1-10-7-12(11(2)21(10)9-14(15,16)17)13(22)8-19-3-5-20(6-4-19)25(18,23)24/h7H,3-6,8-9H2,1-2H3,(H2,18,23,24). The largest absolute Gasteiger partial charge is 0.406 e. The molecule has 2 rings (SSSR count). The first kappa shape index (κ1) is 19.9. The Morgan fingerprint density at radius 2 is 1.76 bits per heavy atom. The van der Waals surface area contributed by atoms with Gasteiger partial charge in [0.25, 0.3) is 10.2 Å². The van der Waals surface area contributed by atoms with Crippen molar-refractivity contribution in [1.29, 1.82) is 0 Å². The zero-order chi connectivity index (χ0) is 19.0. The van der Waals surface area contributed by atoms with E-state index in [9.17, 15) is 26.4 Å². The molecule has 1 aromatic rings. The molecule has 11 heteroatoms. The molecule has 0 radical (unpaired) electrons. The molecule has 25 heavy (non-hydrogen) atoms. The smallest absolute Gasteiger partial charge is 0.339 e. The molecule has 2 N–H and O–H groups in total. The van der Waals surface area contributed by atoms with Crippen molar-refractivity contribution in [2.75, 3.05) is 32.7 Å². The molecule has 2 heterocycles. The van der Waals surface area contributed by atoms with Crippen LogP contribution in [0.2, 0.25) is 0 Å². The molecule has 1 aliphatic heterocycles. The fourth-order valence-corrected chi connectivity index (χ4v) is 3.61. The van der Waals surface area contributed by atoms with Crippen molar-refractivity contribution in [2.45, 2.75) is 26.6 Å². The van der Waals surface area contributed by atoms with E-state index in [2.05, 4.69) is 0 Å². The van der Waals surface area contributed by atoms with Crippen molar-refractivity contribution in [3.05, 3.63) is 23.0 Å². The van der Waals surface area contributed by atoms with Crippen LogP contribution in [0.4, 0.5) is 13.2 Å². The Morgan fingerprint density at radius 3 is 2.24 bits per heavy atom. The lowest BCUT2D eigenvalue weighted by atomic mass is 10.1. The van der Waals surface area contributed by atoms with Gasteiger partial charge in [0, 0.05) is 43.1 Å². The minimum Gasteiger partial charge on any atom is -0.339 e. The summed E-state index contributed by atoms with van der Waals surface area (Å²) in [7, 11) is -3.74. The summed E-state index contributed by atoms with van der Waals surface area (Å²) in [4.78, 5) is 14.2. The third kappa shape index (κ3) is 5.03. The summed E-state index contributed by atoms with van der Waals surface area (Å²) < 4.78 is 62.6. The summed E-state index contributed by atoms with van der Waals surface area (Å²) in [6.45, 7) is 2.94. The number of hydrogen-bond acceptors (Lipinski definition) is 4. The Balaban J connectivity index is 2.04. The lowest BCUT2D eigenvalue weighted by Gasteiger charge is -2.32. The molecule has 0 aromatic carbocycles. The molecule has 0 amide bonds. The van der Waals surface area contributed by atoms with Crippen molar-refractivity contribution in [2.24, 2.45) is 5.14 Å². The maximum Gasteiger partial charge on any atom is 0.406 e. The van der Waals surface area contributed by atoms with Crippen LogP contribution in [0.1, 0.15) is 21.7 Å². The number of piperazine rings is 1. The highest BCUT2D eigenvalue weighted by Crippen LogP contribution is 2.23. The summed E-state index contributed by atoms with van der Waals surface area (Å²) in [5.74, 6) is -0.286. The van der Waals surface area contributed by atoms with Gasteiger partial charge in [-0.15, -0.1) is 0 Å². The van der Waals surface area contributed by atoms with Gasteiger partial charge >= 0.3 is 6.18 Å². The fourth-order valence-electron chi connectivity index (χ4n) is 2.94. The zero-order valence-corrected chi connectivity index (χ0v) is 14.8. The van der Waals surface area contributed by atoms with Gasteiger partial charge in [-0.1, -0.05) is 0 Å². The van der Waals surface area contributed by atoms with E-state index < -0.39 is 22.9 Å². The van der Waals surface area contributed by atoms with Gasteiger partial charge in [-0.2, -0.15) is 25.9 Å². The van der Waals surface area contributed by atoms with Crippen LogP contribution < -0.4 is 5.14 Å². The average molecular weight is 382 g/mol. The quantitative estimate of drug-likeness (QED) is 0.758. The Hall–Kier alpha value is -1.43. The number of ketones is 1. The predicted octanol–water partition coefficient (Wildman–Crippen LogP) is 0.671. The van der Waals surface area contributed by atoms with Gasteiger partial charge in [0.1, 0.15) is 6.54 Å². The number of halogens is 3. The molecular weight excluding hydrogens is 361 g/mol. The van der Waals surface area contributed by atoms with Crippen LogP contribution in [-0.2, 0) is 16.8 Å². The zero-order valence-electron chi connectivity index (χ0n) is 14.0. The third-order valence-corrected chi connectivity index (χ3v) is 5.35. The van der Waals surface area contributed by atoms with Gasteiger partial charge < -0.3 is 4.57 Å². The molecule has 1 saturated heterocycles. The molecule has 0 atom stereocenters. The number of alkyl halides is 3. The van der Waals surface area contributed by atoms with Crippen molar-refractivity contribution in [1.82, 2.24) is 13.8 Å². The van der Waals surface area contributed by atoms with Crippen LogP contribution in [0.3, 0.4) is 0 Å². The third-order valence-electron chi connectivity index (χ3n) is 4.27. The SMILES string of the molecule is Cc1cc(C(=O)CN2CCN(S(N)(=O)=O)CC2)c(C)n1CC(F)(F)F. The van der Waals surface area contributed by atoms with Gasteiger partial charge in [-0.25, -0.2) is 5.14 Å². The number of Topliss-reactive ketones (excluding diaryl/α,β-unsaturated/α-hetero) is 1. The summed E-state index contributed by atoms with van der Waals surface area (Å²) in [5.41, 5.74) is 0.913. The van der Waals surface area contributed by atoms with E-state index in [-0.39, 0.29) is 36.7 Å². The van der Waals surface area contributed by atoms with Gasteiger partial charge in [0.15, 0.2) is 5.78 Å². The first-order valence-electron chi connectivity index (χ1n) is 7.65. The number of nitrogens with two attached hydrogens (primary N) is 1. The molecule has 0 unspecified atom stereocenters. The summed E-state index contributed by atoms with van der Waals surface area (Å²) >= 11 is 0. The van der Waals surface area contributed by atoms with Crippen LogP contribution >= 0.6 is 0 Å². The second kappa shape index (κ2) is 7.06. The molecule has 0 aliphatic carbocycles. The van der Waals surface area contributed by atoms with E-state index >= 15 is 0 Å². The molecular formula is C14H21F3N4O3S. The molecule has 1 aliphatic rings. The van der Waals surface area contributed by atoms with E-state index in [0.29, 0.717) is 18.8 Å². The average Bonchev–Trinajstić information content (AvgIpc) is 2.73. The monoisotopic (exact) mass is 382 g/mol. The lowest BCUT2D eigenvalue weighted by Crippen LogP contribution is -2.51. The Kier molecular flexibility index (Phi) is 5.62. The fraction of sp³-hybridized carbons (Fsp3) is 0.643. The first-order chi connectivity index (χ1) is 11.4. The van der Waals surface area contributed by atoms with Crippen molar-refractivity contribution >= 4 is 16.0 Å². The van der Waals surface area contributed by atoms with Gasteiger partial charge in [-0.3, -0.25) is 9.69 Å². The van der Waals surface area contributed by atoms with Crippen LogP contribution in [0.15, 0.2) is 6.07 Å². The molecule has 0 saturated carbocycles. The van der Waals surface area contributed by atoms with Crippen molar-refractivity contribution in [3.63, 3.8) is 0 Å².